The second-order valence-corrected chi connectivity index (χ2v) is 9.99. The third kappa shape index (κ3) is 6.13. The molecule has 0 heterocycles. The third-order valence-electron chi connectivity index (χ3n) is 5.19. The van der Waals surface area contributed by atoms with Crippen molar-refractivity contribution in [1.82, 2.24) is 4.72 Å². The van der Waals surface area contributed by atoms with Crippen LogP contribution in [0.25, 0.3) is 0 Å². The number of halogens is 1. The number of hydrogen-bond acceptors (Lipinski definition) is 4. The van der Waals surface area contributed by atoms with Gasteiger partial charge in [-0.1, -0.05) is 59.6 Å². The number of amides is 1. The molecule has 0 saturated carbocycles. The molecule has 0 aliphatic heterocycles. The standard InChI is InChI=1S/C25H27ClN2O4S/c1-16-12-17(2)24(18(3)13-16)33(30,31)28-22(14-19-8-6-5-7-9-19)25(29)27-20-10-11-23(32-4)21(26)15-20/h5-13,15,22,28H,14H2,1-4H3,(H,27,29)/t22-/m0/s1. The van der Waals surface area contributed by atoms with Gasteiger partial charge in [-0.2, -0.15) is 4.72 Å². The minimum Gasteiger partial charge on any atom is -0.495 e. The number of benzene rings is 3. The molecular formula is C25H27ClN2O4S. The molecule has 0 unspecified atom stereocenters. The van der Waals surface area contributed by atoms with E-state index >= 15 is 0 Å². The summed E-state index contributed by atoms with van der Waals surface area (Å²) in [6, 6.07) is 16.7. The number of sulfonamides is 1. The number of anilines is 1. The van der Waals surface area contributed by atoms with Gasteiger partial charge in [0.25, 0.3) is 0 Å². The molecule has 0 radical (unpaired) electrons. The fourth-order valence-electron chi connectivity index (χ4n) is 3.85. The Morgan fingerprint density at radius 2 is 1.64 bits per heavy atom. The molecule has 3 aromatic rings. The van der Waals surface area contributed by atoms with E-state index < -0.39 is 22.0 Å². The van der Waals surface area contributed by atoms with Gasteiger partial charge in [0, 0.05) is 5.69 Å². The fourth-order valence-corrected chi connectivity index (χ4v) is 5.75. The molecule has 6 nitrogen and oxygen atoms in total. The highest BCUT2D eigenvalue weighted by Gasteiger charge is 2.28. The van der Waals surface area contributed by atoms with Crippen molar-refractivity contribution in [2.75, 3.05) is 12.4 Å². The van der Waals surface area contributed by atoms with E-state index in [1.807, 2.05) is 49.4 Å². The van der Waals surface area contributed by atoms with Gasteiger partial charge in [-0.15, -0.1) is 0 Å². The van der Waals surface area contributed by atoms with Crippen LogP contribution in [-0.4, -0.2) is 27.5 Å². The van der Waals surface area contributed by atoms with Crippen molar-refractivity contribution in [3.8, 4) is 5.75 Å². The maximum atomic E-state index is 13.4. The van der Waals surface area contributed by atoms with Crippen LogP contribution >= 0.6 is 11.6 Å². The van der Waals surface area contributed by atoms with Crippen molar-refractivity contribution in [1.29, 1.82) is 0 Å². The van der Waals surface area contributed by atoms with Crippen LogP contribution in [-0.2, 0) is 21.2 Å². The van der Waals surface area contributed by atoms with Crippen LogP contribution in [0.15, 0.2) is 65.6 Å². The smallest absolute Gasteiger partial charge is 0.242 e. The van der Waals surface area contributed by atoms with E-state index in [-0.39, 0.29) is 11.3 Å². The number of carbonyl (C=O) groups excluding carboxylic acids is 1. The van der Waals surface area contributed by atoms with E-state index in [0.717, 1.165) is 11.1 Å². The maximum Gasteiger partial charge on any atom is 0.242 e. The lowest BCUT2D eigenvalue weighted by Gasteiger charge is -2.21. The first-order valence-corrected chi connectivity index (χ1v) is 12.3. The largest absolute Gasteiger partial charge is 0.495 e. The Morgan fingerprint density at radius 3 is 2.21 bits per heavy atom. The van der Waals surface area contributed by atoms with Gasteiger partial charge in [-0.05, 0) is 62.1 Å². The minimum absolute atomic E-state index is 0.180. The van der Waals surface area contributed by atoms with E-state index in [2.05, 4.69) is 10.0 Å². The number of methoxy groups -OCH3 is 1. The normalized spacial score (nSPS) is 12.3. The molecule has 0 fully saturated rings. The highest BCUT2D eigenvalue weighted by molar-refractivity contribution is 7.89. The Balaban J connectivity index is 1.93. The lowest BCUT2D eigenvalue weighted by atomic mass is 10.1. The van der Waals surface area contributed by atoms with Crippen LogP contribution in [0.3, 0.4) is 0 Å². The van der Waals surface area contributed by atoms with E-state index in [0.29, 0.717) is 27.6 Å². The summed E-state index contributed by atoms with van der Waals surface area (Å²) in [4.78, 5) is 13.4. The minimum atomic E-state index is -3.97. The number of rotatable bonds is 8. The van der Waals surface area contributed by atoms with Gasteiger partial charge in [0.15, 0.2) is 0 Å². The van der Waals surface area contributed by atoms with Gasteiger partial charge >= 0.3 is 0 Å². The van der Waals surface area contributed by atoms with E-state index in [1.165, 1.54) is 7.11 Å². The Hall–Kier alpha value is -2.87. The summed E-state index contributed by atoms with van der Waals surface area (Å²) < 4.78 is 34.5. The highest BCUT2D eigenvalue weighted by atomic mass is 35.5. The van der Waals surface area contributed by atoms with E-state index in [1.54, 1.807) is 32.0 Å². The Labute approximate surface area is 200 Å². The zero-order chi connectivity index (χ0) is 24.2. The molecule has 3 rings (SSSR count). The summed E-state index contributed by atoms with van der Waals surface area (Å²) in [5.74, 6) is -0.0207. The predicted octanol–water partition coefficient (Wildman–Crippen LogP) is 4.80. The molecule has 0 saturated heterocycles. The molecule has 0 aliphatic carbocycles. The van der Waals surface area contributed by atoms with Crippen LogP contribution in [0.5, 0.6) is 5.75 Å². The van der Waals surface area contributed by atoms with Gasteiger partial charge in [0.2, 0.25) is 15.9 Å². The molecule has 174 valence electrons. The van der Waals surface area contributed by atoms with Crippen LogP contribution in [0.2, 0.25) is 5.02 Å². The van der Waals surface area contributed by atoms with Crippen molar-refractivity contribution in [3.05, 3.63) is 87.9 Å². The topological polar surface area (TPSA) is 84.5 Å². The number of hydrogen-bond donors (Lipinski definition) is 2. The average molecular weight is 487 g/mol. The number of ether oxygens (including phenoxy) is 1. The van der Waals surface area contributed by atoms with E-state index in [9.17, 15) is 13.2 Å². The Morgan fingerprint density at radius 1 is 1.00 bits per heavy atom. The maximum absolute atomic E-state index is 13.4. The molecular weight excluding hydrogens is 460 g/mol. The first kappa shape index (κ1) is 24.8. The zero-order valence-corrected chi connectivity index (χ0v) is 20.5. The van der Waals surface area contributed by atoms with Crippen molar-refractivity contribution in [2.45, 2.75) is 38.1 Å². The van der Waals surface area contributed by atoms with Gasteiger partial charge in [-0.3, -0.25) is 4.79 Å². The van der Waals surface area contributed by atoms with Gasteiger partial charge < -0.3 is 10.1 Å². The van der Waals surface area contributed by atoms with Crippen LogP contribution in [0.1, 0.15) is 22.3 Å². The lowest BCUT2D eigenvalue weighted by molar-refractivity contribution is -0.117. The van der Waals surface area contributed by atoms with Gasteiger partial charge in [0.1, 0.15) is 11.8 Å². The molecule has 8 heteroatoms. The van der Waals surface area contributed by atoms with Crippen molar-refractivity contribution in [2.24, 2.45) is 0 Å². The molecule has 33 heavy (non-hydrogen) atoms. The van der Waals surface area contributed by atoms with Crippen molar-refractivity contribution >= 4 is 33.2 Å². The van der Waals surface area contributed by atoms with Crippen LogP contribution < -0.4 is 14.8 Å². The predicted molar refractivity (Wildman–Crippen MR) is 132 cm³/mol. The quantitative estimate of drug-likeness (QED) is 0.479. The Bertz CT molecular complexity index is 1240. The van der Waals surface area contributed by atoms with Crippen LogP contribution in [0.4, 0.5) is 5.69 Å². The first-order chi connectivity index (χ1) is 15.6. The summed E-state index contributed by atoms with van der Waals surface area (Å²) in [7, 11) is -2.47. The van der Waals surface area contributed by atoms with Crippen LogP contribution in [0, 0.1) is 20.8 Å². The average Bonchev–Trinajstić information content (AvgIpc) is 2.73. The number of aryl methyl sites for hydroxylation is 3. The number of nitrogens with one attached hydrogen (secondary N) is 2. The summed E-state index contributed by atoms with van der Waals surface area (Å²) >= 11 is 6.17. The zero-order valence-electron chi connectivity index (χ0n) is 19.0. The lowest BCUT2D eigenvalue weighted by Crippen LogP contribution is -2.45. The third-order valence-corrected chi connectivity index (χ3v) is 7.26. The second-order valence-electron chi connectivity index (χ2n) is 7.93. The molecule has 0 spiro atoms. The monoisotopic (exact) mass is 486 g/mol. The number of carbonyl (C=O) groups is 1. The molecule has 0 aromatic heterocycles. The molecule has 0 bridgehead atoms. The van der Waals surface area contributed by atoms with Gasteiger partial charge in [0.05, 0.1) is 17.0 Å². The van der Waals surface area contributed by atoms with Gasteiger partial charge in [-0.25, -0.2) is 8.42 Å². The van der Waals surface area contributed by atoms with Crippen molar-refractivity contribution < 1.29 is 17.9 Å². The summed E-state index contributed by atoms with van der Waals surface area (Å²) in [6.45, 7) is 5.41. The molecule has 2 N–H and O–H groups in total. The SMILES string of the molecule is COc1ccc(NC(=O)[C@H](Cc2ccccc2)NS(=O)(=O)c2c(C)cc(C)cc2C)cc1Cl. The molecule has 1 atom stereocenters. The molecule has 1 amide bonds. The molecule has 3 aromatic carbocycles. The highest BCUT2D eigenvalue weighted by Crippen LogP contribution is 2.27. The second kappa shape index (κ2) is 10.4. The Kier molecular flexibility index (Phi) is 7.79. The molecule has 0 aliphatic rings. The fraction of sp³-hybridized carbons (Fsp3) is 0.240. The van der Waals surface area contributed by atoms with Crippen molar-refractivity contribution in [3.63, 3.8) is 0 Å². The van der Waals surface area contributed by atoms with E-state index in [4.69, 9.17) is 16.3 Å². The summed E-state index contributed by atoms with van der Waals surface area (Å²) in [5, 5.41) is 3.10. The first-order valence-electron chi connectivity index (χ1n) is 10.4. The summed E-state index contributed by atoms with van der Waals surface area (Å²) in [5.41, 5.74) is 3.48. The summed E-state index contributed by atoms with van der Waals surface area (Å²) in [6.07, 6.45) is 0.180.